The first-order valence-corrected chi connectivity index (χ1v) is 6.65. The Morgan fingerprint density at radius 1 is 1.18 bits per heavy atom. The zero-order valence-electron chi connectivity index (χ0n) is 11.5. The van der Waals surface area contributed by atoms with E-state index >= 15 is 0 Å². The number of aliphatic hydroxyl groups excluding tert-OH is 1. The average molecular weight is 235 g/mol. The molecule has 0 bridgehead atoms. The number of benzene rings is 1. The van der Waals surface area contributed by atoms with Crippen molar-refractivity contribution >= 4 is 5.69 Å². The smallest absolute Gasteiger partial charge is 0.0807 e. The molecule has 1 N–H and O–H groups in total. The molecule has 96 valence electrons. The Balaban J connectivity index is 3.09. The summed E-state index contributed by atoms with van der Waals surface area (Å²) in [7, 11) is 0. The third-order valence-corrected chi connectivity index (χ3v) is 3.08. The highest BCUT2D eigenvalue weighted by Crippen LogP contribution is 2.29. The van der Waals surface area contributed by atoms with Crippen LogP contribution in [-0.2, 0) is 0 Å². The maximum atomic E-state index is 10.1. The number of rotatable bonds is 6. The minimum Gasteiger partial charge on any atom is -0.388 e. The predicted molar refractivity (Wildman–Crippen MR) is 74.5 cm³/mol. The molecule has 0 radical (unpaired) electrons. The van der Waals surface area contributed by atoms with Gasteiger partial charge in [0, 0.05) is 23.8 Å². The Kier molecular flexibility index (Phi) is 5.49. The summed E-state index contributed by atoms with van der Waals surface area (Å²) in [5.41, 5.74) is 2.23. The molecule has 0 aliphatic carbocycles. The van der Waals surface area contributed by atoms with Crippen LogP contribution in [0.5, 0.6) is 0 Å². The second-order valence-electron chi connectivity index (χ2n) is 4.77. The minimum absolute atomic E-state index is 0.357. The molecule has 0 saturated carbocycles. The zero-order chi connectivity index (χ0) is 12.8. The summed E-state index contributed by atoms with van der Waals surface area (Å²) in [6, 6.07) is 8.66. The summed E-state index contributed by atoms with van der Waals surface area (Å²) in [6.45, 7) is 9.63. The molecule has 1 atom stereocenters. The van der Waals surface area contributed by atoms with Crippen LogP contribution < -0.4 is 4.90 Å². The van der Waals surface area contributed by atoms with Crippen molar-refractivity contribution in [2.75, 3.05) is 11.4 Å². The quantitative estimate of drug-likeness (QED) is 0.811. The molecular weight excluding hydrogens is 210 g/mol. The lowest BCUT2D eigenvalue weighted by atomic mass is 10.0. The lowest BCUT2D eigenvalue weighted by molar-refractivity contribution is 0.174. The minimum atomic E-state index is -0.357. The van der Waals surface area contributed by atoms with Crippen LogP contribution in [-0.4, -0.2) is 17.7 Å². The van der Waals surface area contributed by atoms with Gasteiger partial charge < -0.3 is 10.0 Å². The van der Waals surface area contributed by atoms with Crippen LogP contribution >= 0.6 is 0 Å². The fourth-order valence-electron chi connectivity index (χ4n) is 2.15. The molecule has 0 spiro atoms. The highest BCUT2D eigenvalue weighted by molar-refractivity contribution is 5.55. The van der Waals surface area contributed by atoms with Crippen LogP contribution in [0.25, 0.3) is 0 Å². The largest absolute Gasteiger partial charge is 0.388 e. The fraction of sp³-hybridized carbons (Fsp3) is 0.600. The van der Waals surface area contributed by atoms with E-state index in [1.165, 1.54) is 5.69 Å². The highest BCUT2D eigenvalue weighted by atomic mass is 16.3. The van der Waals surface area contributed by atoms with E-state index in [2.05, 4.69) is 31.7 Å². The molecule has 0 amide bonds. The summed E-state index contributed by atoms with van der Waals surface area (Å²) in [4.78, 5) is 2.37. The van der Waals surface area contributed by atoms with E-state index < -0.39 is 0 Å². The van der Waals surface area contributed by atoms with Crippen LogP contribution in [0, 0.1) is 0 Å². The van der Waals surface area contributed by atoms with Crippen molar-refractivity contribution < 1.29 is 5.11 Å². The molecule has 0 saturated heterocycles. The van der Waals surface area contributed by atoms with E-state index in [0.29, 0.717) is 6.04 Å². The normalized spacial score (nSPS) is 12.8. The summed E-state index contributed by atoms with van der Waals surface area (Å²) in [5, 5.41) is 10.1. The zero-order valence-corrected chi connectivity index (χ0v) is 11.5. The van der Waals surface area contributed by atoms with Crippen molar-refractivity contribution in [2.45, 2.75) is 52.7 Å². The van der Waals surface area contributed by atoms with E-state index in [1.807, 2.05) is 25.1 Å². The molecule has 0 aliphatic rings. The number of hydrogen-bond donors (Lipinski definition) is 1. The number of nitrogens with zero attached hydrogens (tertiary/aromatic N) is 1. The van der Waals surface area contributed by atoms with Crippen molar-refractivity contribution in [3.63, 3.8) is 0 Å². The van der Waals surface area contributed by atoms with Crippen LogP contribution in [0.4, 0.5) is 5.69 Å². The summed E-state index contributed by atoms with van der Waals surface area (Å²) >= 11 is 0. The highest BCUT2D eigenvalue weighted by Gasteiger charge is 2.16. The van der Waals surface area contributed by atoms with Gasteiger partial charge in [0.15, 0.2) is 0 Å². The van der Waals surface area contributed by atoms with Gasteiger partial charge in [0.05, 0.1) is 6.10 Å². The van der Waals surface area contributed by atoms with Gasteiger partial charge >= 0.3 is 0 Å². The molecule has 0 aliphatic heterocycles. The maximum absolute atomic E-state index is 10.1. The molecule has 0 heterocycles. The van der Waals surface area contributed by atoms with Crippen molar-refractivity contribution in [2.24, 2.45) is 0 Å². The lowest BCUT2D eigenvalue weighted by Gasteiger charge is -2.31. The van der Waals surface area contributed by atoms with Crippen molar-refractivity contribution in [3.05, 3.63) is 29.8 Å². The summed E-state index contributed by atoms with van der Waals surface area (Å²) in [5.74, 6) is 0. The van der Waals surface area contributed by atoms with Crippen molar-refractivity contribution in [1.29, 1.82) is 0 Å². The fourth-order valence-corrected chi connectivity index (χ4v) is 2.15. The van der Waals surface area contributed by atoms with E-state index in [9.17, 15) is 5.11 Å². The maximum Gasteiger partial charge on any atom is 0.0807 e. The van der Waals surface area contributed by atoms with Gasteiger partial charge in [0.1, 0.15) is 0 Å². The number of aliphatic hydroxyl groups is 1. The van der Waals surface area contributed by atoms with Gasteiger partial charge in [-0.05, 0) is 32.8 Å². The van der Waals surface area contributed by atoms with E-state index in [4.69, 9.17) is 0 Å². The summed E-state index contributed by atoms with van der Waals surface area (Å²) < 4.78 is 0. The standard InChI is InChI=1S/C15H25NO/c1-5-11-16(12(3)4)14-10-8-7-9-13(14)15(17)6-2/h7-10,12,15,17H,5-6,11H2,1-4H3/t15-/m0/s1. The molecule has 1 rings (SSSR count). The third kappa shape index (κ3) is 3.47. The first kappa shape index (κ1) is 14.0. The molecule has 1 aromatic rings. The first-order chi connectivity index (χ1) is 8.11. The van der Waals surface area contributed by atoms with Crippen LogP contribution in [0.3, 0.4) is 0 Å². The third-order valence-electron chi connectivity index (χ3n) is 3.08. The van der Waals surface area contributed by atoms with Crippen molar-refractivity contribution in [3.8, 4) is 0 Å². The lowest BCUT2D eigenvalue weighted by Crippen LogP contribution is -2.32. The van der Waals surface area contributed by atoms with Crippen molar-refractivity contribution in [1.82, 2.24) is 0 Å². The Bertz CT molecular complexity index is 335. The van der Waals surface area contributed by atoms with Gasteiger partial charge in [-0.15, -0.1) is 0 Å². The predicted octanol–water partition coefficient (Wildman–Crippen LogP) is 3.75. The molecule has 2 nitrogen and oxygen atoms in total. The van der Waals surface area contributed by atoms with Gasteiger partial charge in [-0.2, -0.15) is 0 Å². The molecule has 0 fully saturated rings. The number of para-hydroxylation sites is 1. The van der Waals surface area contributed by atoms with Crippen LogP contribution in [0.2, 0.25) is 0 Å². The second-order valence-corrected chi connectivity index (χ2v) is 4.77. The van der Waals surface area contributed by atoms with Crippen LogP contribution in [0.15, 0.2) is 24.3 Å². The van der Waals surface area contributed by atoms with Gasteiger partial charge in [0.2, 0.25) is 0 Å². The Hall–Kier alpha value is -1.02. The monoisotopic (exact) mass is 235 g/mol. The number of anilines is 1. The van der Waals surface area contributed by atoms with E-state index in [0.717, 1.165) is 24.9 Å². The average Bonchev–Trinajstić information content (AvgIpc) is 2.34. The van der Waals surface area contributed by atoms with E-state index in [-0.39, 0.29) is 6.10 Å². The first-order valence-electron chi connectivity index (χ1n) is 6.65. The van der Waals surface area contributed by atoms with Crippen LogP contribution in [0.1, 0.15) is 52.2 Å². The van der Waals surface area contributed by atoms with E-state index in [1.54, 1.807) is 0 Å². The molecule has 0 aromatic heterocycles. The number of hydrogen-bond acceptors (Lipinski definition) is 2. The summed E-state index contributed by atoms with van der Waals surface area (Å²) in [6.07, 6.45) is 1.52. The molecule has 1 aromatic carbocycles. The van der Waals surface area contributed by atoms with Gasteiger partial charge in [-0.3, -0.25) is 0 Å². The van der Waals surface area contributed by atoms with Gasteiger partial charge in [-0.25, -0.2) is 0 Å². The Morgan fingerprint density at radius 2 is 1.82 bits per heavy atom. The van der Waals surface area contributed by atoms with Gasteiger partial charge in [0.25, 0.3) is 0 Å². The molecule has 17 heavy (non-hydrogen) atoms. The van der Waals surface area contributed by atoms with Gasteiger partial charge in [-0.1, -0.05) is 32.0 Å². The topological polar surface area (TPSA) is 23.5 Å². The molecule has 0 unspecified atom stereocenters. The molecular formula is C15H25NO. The molecule has 2 heteroatoms. The Morgan fingerprint density at radius 3 is 2.35 bits per heavy atom. The SMILES string of the molecule is CCCN(c1ccccc1[C@@H](O)CC)C(C)C. The second kappa shape index (κ2) is 6.65. The Labute approximate surface area is 105 Å².